The van der Waals surface area contributed by atoms with Gasteiger partial charge in [0.1, 0.15) is 0 Å². The quantitative estimate of drug-likeness (QED) is 0.497. The zero-order chi connectivity index (χ0) is 8.10. The molecule has 0 aromatic carbocycles. The molecule has 0 saturated heterocycles. The van der Waals surface area contributed by atoms with Crippen molar-refractivity contribution in [3.8, 4) is 0 Å². The topological polar surface area (TPSA) is 30.0 Å². The smallest absolute Gasteiger partial charge is 0.245 e. The van der Waals surface area contributed by atoms with Crippen LogP contribution >= 0.6 is 11.6 Å². The van der Waals surface area contributed by atoms with Crippen molar-refractivity contribution in [3.63, 3.8) is 0 Å². The van der Waals surface area contributed by atoms with Gasteiger partial charge < -0.3 is 0 Å². The molecule has 1 heterocycles. The average molecular weight is 168 g/mol. The molecule has 0 saturated carbocycles. The molecule has 0 radical (unpaired) electrons. The Kier molecular flexibility index (Phi) is 2.81. The van der Waals surface area contributed by atoms with E-state index in [0.29, 0.717) is 0 Å². The predicted octanol–water partition coefficient (Wildman–Crippen LogP) is 1.86. The van der Waals surface area contributed by atoms with E-state index in [4.69, 9.17) is 11.6 Å². The molecule has 1 rings (SSSR count). The molecule has 0 fully saturated rings. The molecule has 3 heteroatoms. The van der Waals surface area contributed by atoms with Crippen LogP contribution < -0.4 is 0 Å². The molecule has 0 bridgehead atoms. The molecule has 1 aromatic heterocycles. The maximum absolute atomic E-state index is 10.3. The number of hydrogen-bond acceptors (Lipinski definition) is 2. The first kappa shape index (κ1) is 7.95. The van der Waals surface area contributed by atoms with Crippen molar-refractivity contribution in [1.82, 2.24) is 4.98 Å². The fraction of sp³-hybridized carbons (Fsp3) is 0. The number of carbonyl (C=O) groups excluding carboxylic acids is 1. The first-order valence-corrected chi connectivity index (χ1v) is 3.44. The molecule has 0 amide bonds. The van der Waals surface area contributed by atoms with Crippen LogP contribution in [0, 0.1) is 0 Å². The Bertz CT molecular complexity index is 269. The molecule has 1 aromatic rings. The van der Waals surface area contributed by atoms with Crippen molar-refractivity contribution in [2.24, 2.45) is 0 Å². The fourth-order valence-corrected chi connectivity index (χ4v) is 0.699. The van der Waals surface area contributed by atoms with Gasteiger partial charge in [-0.25, -0.2) is 0 Å². The van der Waals surface area contributed by atoms with E-state index in [9.17, 15) is 4.79 Å². The summed E-state index contributed by atoms with van der Waals surface area (Å²) in [5.41, 5.74) is 0.863. The minimum absolute atomic E-state index is 0.478. The van der Waals surface area contributed by atoms with Crippen molar-refractivity contribution >= 4 is 22.9 Å². The highest BCUT2D eigenvalue weighted by Gasteiger charge is 1.86. The van der Waals surface area contributed by atoms with E-state index in [1.165, 1.54) is 6.08 Å². The van der Waals surface area contributed by atoms with Gasteiger partial charge in [0.2, 0.25) is 5.24 Å². The summed E-state index contributed by atoms with van der Waals surface area (Å²) in [5, 5.41) is -0.478. The van der Waals surface area contributed by atoms with E-state index in [-0.39, 0.29) is 0 Å². The lowest BCUT2D eigenvalue weighted by molar-refractivity contribution is -0.107. The second-order valence-electron chi connectivity index (χ2n) is 1.92. The van der Waals surface area contributed by atoms with Crippen LogP contribution in [-0.2, 0) is 4.79 Å². The van der Waals surface area contributed by atoms with Crippen molar-refractivity contribution in [1.29, 1.82) is 0 Å². The highest BCUT2D eigenvalue weighted by molar-refractivity contribution is 6.66. The molecular formula is C8H6ClNO. The molecule has 0 aliphatic heterocycles. The molecule has 0 unspecified atom stereocenters. The summed E-state index contributed by atoms with van der Waals surface area (Å²) < 4.78 is 0. The summed E-state index contributed by atoms with van der Waals surface area (Å²) in [6.45, 7) is 0. The van der Waals surface area contributed by atoms with Crippen molar-refractivity contribution in [3.05, 3.63) is 36.2 Å². The number of aromatic nitrogens is 1. The summed E-state index contributed by atoms with van der Waals surface area (Å²) in [6.07, 6.45) is 6.22. The van der Waals surface area contributed by atoms with Gasteiger partial charge in [-0.2, -0.15) is 0 Å². The Labute approximate surface area is 69.5 Å². The molecule has 0 aliphatic rings. The van der Waals surface area contributed by atoms with E-state index in [0.717, 1.165) is 5.56 Å². The molecule has 0 N–H and O–H groups in total. The average Bonchev–Trinajstić information content (AvgIpc) is 2.03. The van der Waals surface area contributed by atoms with Crippen molar-refractivity contribution in [2.75, 3.05) is 0 Å². The SMILES string of the molecule is O=C(Cl)/C=C/c1cccnc1. The molecule has 11 heavy (non-hydrogen) atoms. The Hall–Kier alpha value is -1.15. The first-order valence-electron chi connectivity index (χ1n) is 3.06. The van der Waals surface area contributed by atoms with Gasteiger partial charge in [0, 0.05) is 12.4 Å². The standard InChI is InChI=1S/C8H6ClNO/c9-8(11)4-3-7-2-1-5-10-6-7/h1-6H/b4-3+. The number of hydrogen-bond donors (Lipinski definition) is 0. The second kappa shape index (κ2) is 3.88. The number of nitrogens with zero attached hydrogens (tertiary/aromatic N) is 1. The maximum atomic E-state index is 10.3. The fourth-order valence-electron chi connectivity index (χ4n) is 0.636. The van der Waals surface area contributed by atoms with Gasteiger partial charge in [-0.3, -0.25) is 9.78 Å². The number of allylic oxidation sites excluding steroid dienone is 1. The Morgan fingerprint density at radius 2 is 2.45 bits per heavy atom. The van der Waals surface area contributed by atoms with Crippen molar-refractivity contribution < 1.29 is 4.79 Å². The van der Waals surface area contributed by atoms with Crippen LogP contribution in [0.25, 0.3) is 6.08 Å². The summed E-state index contributed by atoms with van der Waals surface area (Å²) >= 11 is 5.08. The molecule has 0 atom stereocenters. The molecule has 0 aliphatic carbocycles. The largest absolute Gasteiger partial charge is 0.276 e. The van der Waals surface area contributed by atoms with Gasteiger partial charge >= 0.3 is 0 Å². The highest BCUT2D eigenvalue weighted by Crippen LogP contribution is 1.98. The lowest BCUT2D eigenvalue weighted by Gasteiger charge is -1.87. The monoisotopic (exact) mass is 167 g/mol. The normalized spacial score (nSPS) is 10.3. The van der Waals surface area contributed by atoms with Crippen LogP contribution in [0.2, 0.25) is 0 Å². The van der Waals surface area contributed by atoms with E-state index < -0.39 is 5.24 Å². The third-order valence-corrected chi connectivity index (χ3v) is 1.22. The van der Waals surface area contributed by atoms with Crippen LogP contribution in [0.1, 0.15) is 5.56 Å². The van der Waals surface area contributed by atoms with Crippen LogP contribution in [0.4, 0.5) is 0 Å². The highest BCUT2D eigenvalue weighted by atomic mass is 35.5. The number of rotatable bonds is 2. The Morgan fingerprint density at radius 3 is 3.00 bits per heavy atom. The van der Waals surface area contributed by atoms with Gasteiger partial charge in [-0.1, -0.05) is 6.07 Å². The van der Waals surface area contributed by atoms with Crippen LogP contribution in [0.5, 0.6) is 0 Å². The second-order valence-corrected chi connectivity index (χ2v) is 2.30. The van der Waals surface area contributed by atoms with Crippen LogP contribution in [-0.4, -0.2) is 10.2 Å². The van der Waals surface area contributed by atoms with Crippen molar-refractivity contribution in [2.45, 2.75) is 0 Å². The van der Waals surface area contributed by atoms with Gasteiger partial charge in [0.25, 0.3) is 0 Å². The van der Waals surface area contributed by atoms with Crippen LogP contribution in [0.15, 0.2) is 30.6 Å². The number of halogens is 1. The lowest BCUT2D eigenvalue weighted by Crippen LogP contribution is -1.77. The van der Waals surface area contributed by atoms with E-state index >= 15 is 0 Å². The van der Waals surface area contributed by atoms with Gasteiger partial charge in [0.15, 0.2) is 0 Å². The summed E-state index contributed by atoms with van der Waals surface area (Å²) in [4.78, 5) is 14.1. The van der Waals surface area contributed by atoms with E-state index in [2.05, 4.69) is 4.98 Å². The third-order valence-electron chi connectivity index (χ3n) is 1.09. The zero-order valence-corrected chi connectivity index (χ0v) is 6.45. The number of pyridine rings is 1. The molecular weight excluding hydrogens is 162 g/mol. The van der Waals surface area contributed by atoms with Gasteiger partial charge in [0.05, 0.1) is 0 Å². The van der Waals surface area contributed by atoms with Gasteiger partial charge in [-0.05, 0) is 35.4 Å². The summed E-state index contributed by atoms with van der Waals surface area (Å²) in [6, 6.07) is 3.63. The number of carbonyl (C=O) groups is 1. The Balaban J connectivity index is 2.72. The zero-order valence-electron chi connectivity index (χ0n) is 5.70. The van der Waals surface area contributed by atoms with Gasteiger partial charge in [-0.15, -0.1) is 0 Å². The van der Waals surface area contributed by atoms with Crippen LogP contribution in [0.3, 0.4) is 0 Å². The maximum Gasteiger partial charge on any atom is 0.245 e. The third kappa shape index (κ3) is 2.96. The molecule has 0 spiro atoms. The summed E-state index contributed by atoms with van der Waals surface area (Å²) in [7, 11) is 0. The minimum atomic E-state index is -0.478. The lowest BCUT2D eigenvalue weighted by atomic mass is 10.3. The summed E-state index contributed by atoms with van der Waals surface area (Å²) in [5.74, 6) is 0. The first-order chi connectivity index (χ1) is 5.29. The molecule has 2 nitrogen and oxygen atoms in total. The predicted molar refractivity (Wildman–Crippen MR) is 44.1 cm³/mol. The minimum Gasteiger partial charge on any atom is -0.276 e. The van der Waals surface area contributed by atoms with E-state index in [1.807, 2.05) is 6.07 Å². The van der Waals surface area contributed by atoms with E-state index in [1.54, 1.807) is 24.5 Å². The Morgan fingerprint density at radius 1 is 1.64 bits per heavy atom. The molecule has 56 valence electrons.